The zero-order valence-corrected chi connectivity index (χ0v) is 16.4. The van der Waals surface area contributed by atoms with Crippen LogP contribution in [0.25, 0.3) is 0 Å². The van der Waals surface area contributed by atoms with Crippen LogP contribution in [0, 0.1) is 0 Å². The van der Waals surface area contributed by atoms with E-state index in [2.05, 4.69) is 9.46 Å². The van der Waals surface area contributed by atoms with E-state index in [1.165, 1.54) is 32.4 Å². The third kappa shape index (κ3) is 4.28. The number of carbonyl (C=O) groups excluding carboxylic acids is 1. The molecular weight excluding hydrogens is 378 g/mol. The second-order valence-electron chi connectivity index (χ2n) is 5.86. The Hall–Kier alpha value is -2.25. The summed E-state index contributed by atoms with van der Waals surface area (Å²) in [6.07, 6.45) is 0. The van der Waals surface area contributed by atoms with Gasteiger partial charge in [-0.2, -0.15) is 0 Å². The molecule has 0 aromatic heterocycles. The summed E-state index contributed by atoms with van der Waals surface area (Å²) in [6, 6.07) is 9.31. The molecule has 2 rings (SSSR count). The minimum absolute atomic E-state index is 0.0507. The van der Waals surface area contributed by atoms with E-state index in [1.807, 2.05) is 19.9 Å². The predicted octanol–water partition coefficient (Wildman–Crippen LogP) is 4.06. The lowest BCUT2D eigenvalue weighted by molar-refractivity contribution is 0.0597. The molecule has 0 aliphatic rings. The number of esters is 1. The highest BCUT2D eigenvalue weighted by atomic mass is 35.5. The van der Waals surface area contributed by atoms with Gasteiger partial charge in [-0.05, 0) is 29.7 Å². The second-order valence-corrected chi connectivity index (χ2v) is 7.95. The van der Waals surface area contributed by atoms with Gasteiger partial charge in [-0.25, -0.2) is 13.2 Å². The first kappa shape index (κ1) is 20.1. The van der Waals surface area contributed by atoms with Crippen molar-refractivity contribution < 1.29 is 22.7 Å². The maximum Gasteiger partial charge on any atom is 0.341 e. The van der Waals surface area contributed by atoms with Crippen molar-refractivity contribution in [1.29, 1.82) is 0 Å². The maximum atomic E-state index is 12.7. The van der Waals surface area contributed by atoms with Crippen molar-refractivity contribution >= 4 is 33.3 Å². The Morgan fingerprint density at radius 2 is 1.85 bits per heavy atom. The Morgan fingerprint density at radius 3 is 2.42 bits per heavy atom. The standard InChI is InChI=1S/C18H20ClNO5S/c1-11(2)12-6-5-7-13(8-12)26(22,23)20-16-10-17(24-3)14(9-15(16)19)18(21)25-4/h5-11,20H,1-4H3. The van der Waals surface area contributed by atoms with Crippen molar-refractivity contribution in [3.05, 3.63) is 52.5 Å². The Balaban J connectivity index is 2.44. The molecule has 0 aliphatic heterocycles. The molecule has 0 fully saturated rings. The molecule has 0 saturated carbocycles. The van der Waals surface area contributed by atoms with E-state index in [-0.39, 0.29) is 32.8 Å². The van der Waals surface area contributed by atoms with Crippen LogP contribution >= 0.6 is 11.6 Å². The summed E-state index contributed by atoms with van der Waals surface area (Å²) in [5.41, 5.74) is 1.11. The van der Waals surface area contributed by atoms with Crippen molar-refractivity contribution in [2.75, 3.05) is 18.9 Å². The molecule has 0 bridgehead atoms. The Bertz CT molecular complexity index is 925. The van der Waals surface area contributed by atoms with Crippen molar-refractivity contribution in [2.24, 2.45) is 0 Å². The fourth-order valence-electron chi connectivity index (χ4n) is 2.31. The zero-order valence-electron chi connectivity index (χ0n) is 14.9. The number of sulfonamides is 1. The zero-order chi connectivity index (χ0) is 19.5. The summed E-state index contributed by atoms with van der Waals surface area (Å²) in [7, 11) is -1.27. The minimum Gasteiger partial charge on any atom is -0.496 e. The van der Waals surface area contributed by atoms with Gasteiger partial charge in [-0.1, -0.05) is 37.6 Å². The van der Waals surface area contributed by atoms with E-state index >= 15 is 0 Å². The Kier molecular flexibility index (Phi) is 6.15. The quantitative estimate of drug-likeness (QED) is 0.743. The number of benzene rings is 2. The third-order valence-electron chi connectivity index (χ3n) is 3.77. The number of anilines is 1. The molecule has 0 atom stereocenters. The van der Waals surface area contributed by atoms with Gasteiger partial charge < -0.3 is 9.47 Å². The number of ether oxygens (including phenoxy) is 2. The molecule has 0 spiro atoms. The number of carbonyl (C=O) groups is 1. The molecule has 0 saturated heterocycles. The number of halogens is 1. The minimum atomic E-state index is -3.86. The molecule has 0 radical (unpaired) electrons. The molecule has 0 unspecified atom stereocenters. The van der Waals surface area contributed by atoms with Gasteiger partial charge in [0.15, 0.2) is 0 Å². The van der Waals surface area contributed by atoms with Crippen LogP contribution in [-0.4, -0.2) is 28.6 Å². The highest BCUT2D eigenvalue weighted by molar-refractivity contribution is 7.92. The predicted molar refractivity (Wildman–Crippen MR) is 101 cm³/mol. The van der Waals surface area contributed by atoms with Crippen LogP contribution < -0.4 is 9.46 Å². The van der Waals surface area contributed by atoms with Crippen molar-refractivity contribution in [3.8, 4) is 5.75 Å². The van der Waals surface area contributed by atoms with E-state index < -0.39 is 16.0 Å². The van der Waals surface area contributed by atoms with Crippen LogP contribution in [0.5, 0.6) is 5.75 Å². The van der Waals surface area contributed by atoms with Gasteiger partial charge in [-0.3, -0.25) is 4.72 Å². The van der Waals surface area contributed by atoms with Gasteiger partial charge in [0.05, 0.1) is 29.8 Å². The summed E-state index contributed by atoms with van der Waals surface area (Å²) in [5.74, 6) is -0.300. The normalized spacial score (nSPS) is 11.3. The number of nitrogens with one attached hydrogen (secondary N) is 1. The molecule has 26 heavy (non-hydrogen) atoms. The van der Waals surface area contributed by atoms with Gasteiger partial charge in [0.2, 0.25) is 0 Å². The van der Waals surface area contributed by atoms with Crippen LogP contribution in [0.4, 0.5) is 5.69 Å². The first-order valence-corrected chi connectivity index (χ1v) is 9.64. The SMILES string of the molecule is COC(=O)c1cc(Cl)c(NS(=O)(=O)c2cccc(C(C)C)c2)cc1OC. The van der Waals surface area contributed by atoms with Gasteiger partial charge in [-0.15, -0.1) is 0 Å². The van der Waals surface area contributed by atoms with Crippen molar-refractivity contribution in [2.45, 2.75) is 24.7 Å². The first-order chi connectivity index (χ1) is 12.2. The topological polar surface area (TPSA) is 81.7 Å². The number of methoxy groups -OCH3 is 2. The van der Waals surface area contributed by atoms with E-state index in [0.717, 1.165) is 5.56 Å². The molecule has 2 aromatic rings. The molecule has 0 aliphatic carbocycles. The molecule has 140 valence electrons. The van der Waals surface area contributed by atoms with E-state index in [9.17, 15) is 13.2 Å². The molecule has 1 N–H and O–H groups in total. The van der Waals surface area contributed by atoms with Gasteiger partial charge in [0.1, 0.15) is 11.3 Å². The average molecular weight is 398 g/mol. The molecule has 6 nitrogen and oxygen atoms in total. The second kappa shape index (κ2) is 7.97. The average Bonchev–Trinajstić information content (AvgIpc) is 2.62. The van der Waals surface area contributed by atoms with Gasteiger partial charge in [0.25, 0.3) is 10.0 Å². The summed E-state index contributed by atoms with van der Waals surface area (Å²) in [4.78, 5) is 11.9. The maximum absolute atomic E-state index is 12.7. The van der Waals surface area contributed by atoms with E-state index in [0.29, 0.717) is 0 Å². The fraction of sp³-hybridized carbons (Fsp3) is 0.278. The molecule has 0 amide bonds. The van der Waals surface area contributed by atoms with Crippen LogP contribution in [0.3, 0.4) is 0 Å². The lowest BCUT2D eigenvalue weighted by Crippen LogP contribution is -2.14. The largest absolute Gasteiger partial charge is 0.496 e. The van der Waals surface area contributed by atoms with Gasteiger partial charge in [0, 0.05) is 6.07 Å². The molecule has 8 heteroatoms. The van der Waals surface area contributed by atoms with Crippen molar-refractivity contribution in [3.63, 3.8) is 0 Å². The highest BCUT2D eigenvalue weighted by Gasteiger charge is 2.21. The monoisotopic (exact) mass is 397 g/mol. The van der Waals surface area contributed by atoms with Crippen LogP contribution in [0.2, 0.25) is 5.02 Å². The summed E-state index contributed by atoms with van der Waals surface area (Å²) in [6.45, 7) is 3.96. The van der Waals surface area contributed by atoms with E-state index in [1.54, 1.807) is 12.1 Å². The summed E-state index contributed by atoms with van der Waals surface area (Å²) in [5, 5.41) is 0.0507. The van der Waals surface area contributed by atoms with Crippen LogP contribution in [-0.2, 0) is 14.8 Å². The van der Waals surface area contributed by atoms with Crippen molar-refractivity contribution in [1.82, 2.24) is 0 Å². The smallest absolute Gasteiger partial charge is 0.341 e. The van der Waals surface area contributed by atoms with Crippen LogP contribution in [0.1, 0.15) is 35.7 Å². The third-order valence-corrected chi connectivity index (χ3v) is 5.45. The highest BCUT2D eigenvalue weighted by Crippen LogP contribution is 2.33. The first-order valence-electron chi connectivity index (χ1n) is 7.78. The summed E-state index contributed by atoms with van der Waals surface area (Å²) < 4.78 is 37.6. The molecular formula is C18H20ClNO5S. The Labute approximate surface area is 158 Å². The summed E-state index contributed by atoms with van der Waals surface area (Å²) >= 11 is 6.14. The lowest BCUT2D eigenvalue weighted by atomic mass is 10.0. The van der Waals surface area contributed by atoms with Gasteiger partial charge >= 0.3 is 5.97 Å². The molecule has 2 aromatic carbocycles. The van der Waals surface area contributed by atoms with Crippen LogP contribution in [0.15, 0.2) is 41.3 Å². The molecule has 0 heterocycles. The van der Waals surface area contributed by atoms with E-state index in [4.69, 9.17) is 16.3 Å². The number of rotatable bonds is 6. The fourth-order valence-corrected chi connectivity index (χ4v) is 3.71. The number of hydrogen-bond donors (Lipinski definition) is 1. The Morgan fingerprint density at radius 1 is 1.15 bits per heavy atom. The lowest BCUT2D eigenvalue weighted by Gasteiger charge is -2.14. The number of hydrogen-bond acceptors (Lipinski definition) is 5.